The van der Waals surface area contributed by atoms with Crippen LogP contribution in [0.4, 0.5) is 0 Å². The summed E-state index contributed by atoms with van der Waals surface area (Å²) in [5.74, 6) is -0.817. The second-order valence-corrected chi connectivity index (χ2v) is 10.6. The summed E-state index contributed by atoms with van der Waals surface area (Å²) in [7, 11) is 1.49. The standard InChI is InChI=1S/C25H21Cl2N7O4S/c1-14-5-6-25(37,24-29-21(22(27)30-24)16-8-20(23(35)36)39-11-16)12-33(38-2)10-15(7-14)18-9-17(26)3-4-19(18)34-13-28-31-32-34/h3-4,7-11,13,37H,1,5-6,12H2,2H3,(H-,29,30,35,36)/p+1/b15-7+,33-10+. The Bertz CT molecular complexity index is 1630. The molecule has 0 fully saturated rings. The molecule has 5 rings (SSSR count). The highest BCUT2D eigenvalue weighted by Crippen LogP contribution is 2.36. The fourth-order valence-electron chi connectivity index (χ4n) is 4.25. The number of imidazole rings is 1. The fourth-order valence-corrected chi connectivity index (χ4v) is 5.39. The summed E-state index contributed by atoms with van der Waals surface area (Å²) >= 11 is 13.9. The second-order valence-electron chi connectivity index (χ2n) is 8.85. The van der Waals surface area contributed by atoms with E-state index >= 15 is 0 Å². The summed E-state index contributed by atoms with van der Waals surface area (Å²) in [6.45, 7) is 4.18. The quantitative estimate of drug-likeness (QED) is 0.282. The zero-order chi connectivity index (χ0) is 27.7. The number of nitrogens with zero attached hydrogens (tertiary/aromatic N) is 6. The molecule has 0 aliphatic carbocycles. The summed E-state index contributed by atoms with van der Waals surface area (Å²) in [5, 5.41) is 34.9. The van der Waals surface area contributed by atoms with Crippen LogP contribution in [-0.2, 0) is 10.4 Å². The Morgan fingerprint density at radius 1 is 1.33 bits per heavy atom. The monoisotopic (exact) mass is 586 g/mol. The van der Waals surface area contributed by atoms with Gasteiger partial charge in [0.25, 0.3) is 0 Å². The average Bonchev–Trinajstić information content (AvgIpc) is 3.67. The second kappa shape index (κ2) is 10.7. The van der Waals surface area contributed by atoms with Gasteiger partial charge in [-0.25, -0.2) is 9.78 Å². The first-order valence-corrected chi connectivity index (χ1v) is 13.2. The lowest BCUT2D eigenvalue weighted by Crippen LogP contribution is -2.38. The van der Waals surface area contributed by atoms with Gasteiger partial charge in [0.05, 0.1) is 17.0 Å². The van der Waals surface area contributed by atoms with Gasteiger partial charge in [-0.3, -0.25) is 4.84 Å². The Kier molecular flexibility index (Phi) is 7.36. The SMILES string of the molecule is C=C1/C=C(c2cc(Cl)ccc2-n2cnnn2)\C=[N+](\OC)CC(O)(c2nc(Cl)c(-c3csc(C(=O)O)c3)[nH]2)CC1. The first kappa shape index (κ1) is 26.8. The van der Waals surface area contributed by atoms with Gasteiger partial charge >= 0.3 is 5.97 Å². The van der Waals surface area contributed by atoms with Crippen LogP contribution in [0.1, 0.15) is 33.9 Å². The Morgan fingerprint density at radius 3 is 2.85 bits per heavy atom. The molecule has 0 amide bonds. The molecule has 1 aromatic carbocycles. The molecule has 14 heteroatoms. The van der Waals surface area contributed by atoms with E-state index in [1.54, 1.807) is 29.8 Å². The Hall–Kier alpha value is -3.84. The third kappa shape index (κ3) is 5.50. The summed E-state index contributed by atoms with van der Waals surface area (Å²) < 4.78 is 3.01. The molecule has 11 nitrogen and oxygen atoms in total. The summed E-state index contributed by atoms with van der Waals surface area (Å²) in [5.41, 5.74) is 2.30. The molecule has 0 radical (unpaired) electrons. The molecule has 4 heterocycles. The molecule has 0 bridgehead atoms. The Morgan fingerprint density at radius 2 is 2.15 bits per heavy atom. The van der Waals surface area contributed by atoms with Crippen LogP contribution in [-0.4, -0.2) is 71.0 Å². The predicted molar refractivity (Wildman–Crippen MR) is 146 cm³/mol. The van der Waals surface area contributed by atoms with E-state index in [1.165, 1.54) is 28.9 Å². The lowest BCUT2D eigenvalue weighted by atomic mass is 9.93. The van der Waals surface area contributed by atoms with Gasteiger partial charge in [-0.1, -0.05) is 35.4 Å². The fraction of sp³-hybridized carbons (Fsp3) is 0.200. The zero-order valence-corrected chi connectivity index (χ0v) is 22.8. The smallest absolute Gasteiger partial charge is 0.345 e. The zero-order valence-electron chi connectivity index (χ0n) is 20.5. The number of H-pyrrole nitrogens is 1. The molecular weight excluding hydrogens is 565 g/mol. The number of halogens is 2. The first-order chi connectivity index (χ1) is 18.7. The number of carboxylic acid groups (broad SMARTS) is 1. The number of hydrogen-bond donors (Lipinski definition) is 3. The van der Waals surface area contributed by atoms with Gasteiger partial charge in [-0.2, -0.15) is 4.68 Å². The maximum atomic E-state index is 11.9. The van der Waals surface area contributed by atoms with Crippen LogP contribution in [0.15, 0.2) is 54.2 Å². The summed E-state index contributed by atoms with van der Waals surface area (Å²) in [4.78, 5) is 24.6. The van der Waals surface area contributed by atoms with Crippen molar-refractivity contribution in [2.45, 2.75) is 18.4 Å². The van der Waals surface area contributed by atoms with Crippen molar-refractivity contribution >= 4 is 52.3 Å². The summed E-state index contributed by atoms with van der Waals surface area (Å²) in [6.07, 6.45) is 5.75. The number of rotatable bonds is 6. The Balaban J connectivity index is 1.55. The lowest BCUT2D eigenvalue weighted by Gasteiger charge is -2.22. The molecule has 0 saturated carbocycles. The number of aliphatic hydroxyl groups is 1. The van der Waals surface area contributed by atoms with Crippen LogP contribution < -0.4 is 0 Å². The highest BCUT2D eigenvalue weighted by molar-refractivity contribution is 7.12. The normalized spacial score (nSPS) is 20.8. The van der Waals surface area contributed by atoms with Crippen LogP contribution in [0.2, 0.25) is 10.2 Å². The minimum atomic E-state index is -1.53. The van der Waals surface area contributed by atoms with Crippen molar-refractivity contribution < 1.29 is 24.6 Å². The number of carboxylic acids is 1. The maximum absolute atomic E-state index is 11.9. The van der Waals surface area contributed by atoms with E-state index in [0.29, 0.717) is 34.0 Å². The average molecular weight is 587 g/mol. The number of aromatic nitrogens is 6. The molecule has 200 valence electrons. The molecule has 1 aliphatic heterocycles. The van der Waals surface area contributed by atoms with E-state index < -0.39 is 11.6 Å². The first-order valence-electron chi connectivity index (χ1n) is 11.6. The van der Waals surface area contributed by atoms with Gasteiger partial charge in [-0.15, -0.1) is 16.4 Å². The number of tetrazole rings is 1. The number of thiophene rings is 1. The molecule has 1 unspecified atom stereocenters. The van der Waals surface area contributed by atoms with E-state index in [0.717, 1.165) is 22.5 Å². The van der Waals surface area contributed by atoms with Crippen LogP contribution in [0.3, 0.4) is 0 Å². The Labute approximate surface area is 236 Å². The summed E-state index contributed by atoms with van der Waals surface area (Å²) in [6, 6.07) is 6.84. The van der Waals surface area contributed by atoms with E-state index in [9.17, 15) is 15.0 Å². The van der Waals surface area contributed by atoms with Crippen molar-refractivity contribution in [3.8, 4) is 16.9 Å². The molecule has 3 aromatic heterocycles. The molecule has 4 aromatic rings. The number of aromatic amines is 1. The van der Waals surface area contributed by atoms with Crippen molar-refractivity contribution in [1.82, 2.24) is 30.2 Å². The molecule has 0 saturated heterocycles. The topological polar surface area (TPSA) is 142 Å². The number of benzene rings is 1. The van der Waals surface area contributed by atoms with Crippen LogP contribution in [0, 0.1) is 0 Å². The van der Waals surface area contributed by atoms with Gasteiger partial charge in [0.1, 0.15) is 24.1 Å². The van der Waals surface area contributed by atoms with Crippen molar-refractivity contribution in [2.24, 2.45) is 0 Å². The number of hydrogen-bond acceptors (Lipinski definition) is 8. The molecule has 39 heavy (non-hydrogen) atoms. The number of allylic oxidation sites excluding steroid dienone is 3. The lowest BCUT2D eigenvalue weighted by molar-refractivity contribution is -0.784. The number of β-amino-alcohol motifs (C(OH)–C–C–N with tert-alkyl or cyclic N) is 1. The van der Waals surface area contributed by atoms with E-state index in [4.69, 9.17) is 28.0 Å². The number of aromatic carboxylic acids is 1. The van der Waals surface area contributed by atoms with Crippen molar-refractivity contribution in [2.75, 3.05) is 13.7 Å². The van der Waals surface area contributed by atoms with Gasteiger partial charge in [-0.05, 0) is 58.3 Å². The highest BCUT2D eigenvalue weighted by Gasteiger charge is 2.40. The minimum absolute atomic E-state index is 0.0117. The van der Waals surface area contributed by atoms with E-state index in [-0.39, 0.29) is 28.8 Å². The number of hydroxylamine groups is 1. The van der Waals surface area contributed by atoms with Crippen LogP contribution in [0.5, 0.6) is 0 Å². The van der Waals surface area contributed by atoms with Crippen molar-refractivity contribution in [3.05, 3.63) is 80.6 Å². The van der Waals surface area contributed by atoms with Crippen LogP contribution in [0.25, 0.3) is 22.5 Å². The molecule has 1 aliphatic rings. The van der Waals surface area contributed by atoms with Gasteiger partial charge in [0, 0.05) is 21.5 Å². The largest absolute Gasteiger partial charge is 0.477 e. The number of nitrogens with one attached hydrogen (secondary N) is 1. The van der Waals surface area contributed by atoms with E-state index in [2.05, 4.69) is 32.1 Å². The van der Waals surface area contributed by atoms with Gasteiger partial charge in [0.2, 0.25) is 12.8 Å². The molecule has 1 atom stereocenters. The molecule has 3 N–H and O–H groups in total. The third-order valence-electron chi connectivity index (χ3n) is 6.22. The molecule has 0 spiro atoms. The number of carbonyl (C=O) groups is 1. The van der Waals surface area contributed by atoms with E-state index in [1.807, 2.05) is 6.08 Å². The van der Waals surface area contributed by atoms with Crippen molar-refractivity contribution in [3.63, 3.8) is 0 Å². The third-order valence-corrected chi connectivity index (χ3v) is 7.65. The van der Waals surface area contributed by atoms with Gasteiger partial charge in [0.15, 0.2) is 10.8 Å². The minimum Gasteiger partial charge on any atom is -0.477 e. The van der Waals surface area contributed by atoms with Crippen LogP contribution >= 0.6 is 34.5 Å². The van der Waals surface area contributed by atoms with Gasteiger partial charge < -0.3 is 15.2 Å². The highest BCUT2D eigenvalue weighted by atomic mass is 35.5. The maximum Gasteiger partial charge on any atom is 0.345 e. The molecular formula is C25H22Cl2N7O4S+. The van der Waals surface area contributed by atoms with Crippen molar-refractivity contribution in [1.29, 1.82) is 0 Å². The predicted octanol–water partition coefficient (Wildman–Crippen LogP) is 4.38.